The Morgan fingerprint density at radius 3 is 3.00 bits per heavy atom. The first kappa shape index (κ1) is 18.1. The van der Waals surface area contributed by atoms with Crippen LogP contribution in [-0.2, 0) is 4.74 Å². The van der Waals surface area contributed by atoms with E-state index in [4.69, 9.17) is 4.74 Å². The summed E-state index contributed by atoms with van der Waals surface area (Å²) in [4.78, 5) is 26.2. The van der Waals surface area contributed by atoms with Crippen molar-refractivity contribution in [1.29, 1.82) is 0 Å². The fourth-order valence-corrected chi connectivity index (χ4v) is 2.92. The topological polar surface area (TPSA) is 100 Å². The molecule has 0 bridgehead atoms. The van der Waals surface area contributed by atoms with E-state index in [-0.39, 0.29) is 5.56 Å². The SMILES string of the molecule is Cc1ccc(C(=O)O)c(N(C)CCNc2cc([C@@H]3CCOC3)ncn2)n1. The van der Waals surface area contributed by atoms with Crippen molar-refractivity contribution < 1.29 is 14.6 Å². The minimum atomic E-state index is -0.980. The van der Waals surface area contributed by atoms with Crippen LogP contribution in [0.3, 0.4) is 0 Å². The molecule has 1 atom stereocenters. The average Bonchev–Trinajstić information content (AvgIpc) is 3.16. The number of nitrogens with one attached hydrogen (secondary N) is 1. The molecule has 0 aliphatic carbocycles. The molecule has 26 heavy (non-hydrogen) atoms. The Labute approximate surface area is 152 Å². The van der Waals surface area contributed by atoms with Crippen molar-refractivity contribution in [2.45, 2.75) is 19.3 Å². The predicted molar refractivity (Wildman–Crippen MR) is 97.9 cm³/mol. The second-order valence-electron chi connectivity index (χ2n) is 6.37. The molecule has 3 heterocycles. The van der Waals surface area contributed by atoms with Gasteiger partial charge in [-0.2, -0.15) is 0 Å². The van der Waals surface area contributed by atoms with Crippen LogP contribution in [-0.4, -0.2) is 59.4 Å². The molecule has 8 nitrogen and oxygen atoms in total. The Balaban J connectivity index is 1.60. The zero-order chi connectivity index (χ0) is 18.5. The summed E-state index contributed by atoms with van der Waals surface area (Å²) in [6.07, 6.45) is 2.54. The summed E-state index contributed by atoms with van der Waals surface area (Å²) in [7, 11) is 1.83. The van der Waals surface area contributed by atoms with Gasteiger partial charge in [-0.15, -0.1) is 0 Å². The number of hydrogen-bond acceptors (Lipinski definition) is 7. The average molecular weight is 357 g/mol. The summed E-state index contributed by atoms with van der Waals surface area (Å²) < 4.78 is 5.41. The van der Waals surface area contributed by atoms with Crippen LogP contribution in [0, 0.1) is 6.92 Å². The molecular weight excluding hydrogens is 334 g/mol. The minimum Gasteiger partial charge on any atom is -0.478 e. The lowest BCUT2D eigenvalue weighted by Crippen LogP contribution is -2.27. The molecule has 0 aromatic carbocycles. The van der Waals surface area contributed by atoms with E-state index in [1.54, 1.807) is 18.5 Å². The van der Waals surface area contributed by atoms with Crippen molar-refractivity contribution >= 4 is 17.6 Å². The number of nitrogens with zero attached hydrogens (tertiary/aromatic N) is 4. The van der Waals surface area contributed by atoms with Gasteiger partial charge in [0.15, 0.2) is 0 Å². The van der Waals surface area contributed by atoms with Crippen molar-refractivity contribution in [1.82, 2.24) is 15.0 Å². The van der Waals surface area contributed by atoms with Gasteiger partial charge < -0.3 is 20.1 Å². The van der Waals surface area contributed by atoms with E-state index in [2.05, 4.69) is 20.3 Å². The maximum Gasteiger partial charge on any atom is 0.339 e. The molecule has 0 amide bonds. The number of carboxylic acid groups (broad SMARTS) is 1. The first-order valence-electron chi connectivity index (χ1n) is 8.60. The van der Waals surface area contributed by atoms with Gasteiger partial charge in [-0.05, 0) is 25.5 Å². The summed E-state index contributed by atoms with van der Waals surface area (Å²) >= 11 is 0. The quantitative estimate of drug-likeness (QED) is 0.775. The second-order valence-corrected chi connectivity index (χ2v) is 6.37. The van der Waals surface area contributed by atoms with Crippen molar-refractivity contribution in [3.8, 4) is 0 Å². The fourth-order valence-electron chi connectivity index (χ4n) is 2.92. The van der Waals surface area contributed by atoms with Crippen LogP contribution >= 0.6 is 0 Å². The molecule has 0 radical (unpaired) electrons. The molecule has 0 spiro atoms. The number of hydrogen-bond donors (Lipinski definition) is 2. The number of aromatic carboxylic acids is 1. The predicted octanol–water partition coefficient (Wildman–Crippen LogP) is 1.93. The summed E-state index contributed by atoms with van der Waals surface area (Å²) in [5, 5.41) is 12.6. The van der Waals surface area contributed by atoms with E-state index in [0.717, 1.165) is 30.2 Å². The highest BCUT2D eigenvalue weighted by molar-refractivity contribution is 5.93. The van der Waals surface area contributed by atoms with E-state index in [1.165, 1.54) is 0 Å². The highest BCUT2D eigenvalue weighted by Crippen LogP contribution is 2.24. The lowest BCUT2D eigenvalue weighted by Gasteiger charge is -2.21. The standard InChI is InChI=1S/C18H23N5O3/c1-12-3-4-14(18(24)25)17(22-12)23(2)7-6-19-16-9-15(20-11-21-16)13-5-8-26-10-13/h3-4,9,11,13H,5-8,10H2,1-2H3,(H,24,25)(H,19,20,21)/t13-/m1/s1. The van der Waals surface area contributed by atoms with Crippen molar-refractivity contribution in [2.75, 3.05) is 43.6 Å². The molecule has 0 unspecified atom stereocenters. The molecule has 1 aliphatic rings. The van der Waals surface area contributed by atoms with Gasteiger partial charge in [0.1, 0.15) is 23.5 Å². The van der Waals surface area contributed by atoms with Gasteiger partial charge in [-0.3, -0.25) is 0 Å². The van der Waals surface area contributed by atoms with E-state index in [9.17, 15) is 9.90 Å². The molecule has 2 aromatic rings. The monoisotopic (exact) mass is 357 g/mol. The summed E-state index contributed by atoms with van der Waals surface area (Å²) in [5.74, 6) is 0.569. The lowest BCUT2D eigenvalue weighted by molar-refractivity contribution is 0.0697. The van der Waals surface area contributed by atoms with Gasteiger partial charge in [0, 0.05) is 44.4 Å². The minimum absolute atomic E-state index is 0.198. The largest absolute Gasteiger partial charge is 0.478 e. The maximum atomic E-state index is 11.4. The van der Waals surface area contributed by atoms with Crippen molar-refractivity contribution in [2.24, 2.45) is 0 Å². The smallest absolute Gasteiger partial charge is 0.339 e. The van der Waals surface area contributed by atoms with Crippen molar-refractivity contribution in [3.63, 3.8) is 0 Å². The van der Waals surface area contributed by atoms with Crippen LogP contribution in [0.5, 0.6) is 0 Å². The molecule has 138 valence electrons. The number of rotatable bonds is 7. The molecule has 8 heteroatoms. The van der Waals surface area contributed by atoms with Gasteiger partial charge in [0.2, 0.25) is 0 Å². The second kappa shape index (κ2) is 8.09. The molecule has 3 rings (SSSR count). The van der Waals surface area contributed by atoms with Crippen LogP contribution in [0.1, 0.15) is 34.1 Å². The number of ether oxygens (including phenoxy) is 1. The van der Waals surface area contributed by atoms with Crippen LogP contribution in [0.4, 0.5) is 11.6 Å². The Hall–Kier alpha value is -2.74. The molecular formula is C18H23N5O3. The number of pyridine rings is 1. The van der Waals surface area contributed by atoms with Gasteiger partial charge in [0.25, 0.3) is 0 Å². The third-order valence-corrected chi connectivity index (χ3v) is 4.40. The molecule has 0 saturated carbocycles. The number of aryl methyl sites for hydroxylation is 1. The van der Waals surface area contributed by atoms with E-state index in [0.29, 0.717) is 31.4 Å². The Morgan fingerprint density at radius 1 is 1.42 bits per heavy atom. The Bertz CT molecular complexity index is 777. The van der Waals surface area contributed by atoms with Gasteiger partial charge in [-0.1, -0.05) is 0 Å². The highest BCUT2D eigenvalue weighted by atomic mass is 16.5. The number of anilines is 2. The Kier molecular flexibility index (Phi) is 5.62. The first-order chi connectivity index (χ1) is 12.5. The van der Waals surface area contributed by atoms with Gasteiger partial charge in [0.05, 0.1) is 12.3 Å². The summed E-state index contributed by atoms with van der Waals surface area (Å²) in [6.45, 7) is 4.51. The molecule has 2 aromatic heterocycles. The molecule has 1 fully saturated rings. The van der Waals surface area contributed by atoms with E-state index < -0.39 is 5.97 Å². The van der Waals surface area contributed by atoms with Gasteiger partial charge >= 0.3 is 5.97 Å². The van der Waals surface area contributed by atoms with Crippen LogP contribution < -0.4 is 10.2 Å². The zero-order valence-electron chi connectivity index (χ0n) is 15.0. The number of carbonyl (C=O) groups is 1. The molecule has 1 saturated heterocycles. The lowest BCUT2D eigenvalue weighted by atomic mass is 10.1. The maximum absolute atomic E-state index is 11.4. The molecule has 2 N–H and O–H groups in total. The van der Waals surface area contributed by atoms with Crippen LogP contribution in [0.25, 0.3) is 0 Å². The normalized spacial score (nSPS) is 16.5. The summed E-state index contributed by atoms with van der Waals surface area (Å²) in [5.41, 5.74) is 1.97. The number of carboxylic acids is 1. The Morgan fingerprint density at radius 2 is 2.27 bits per heavy atom. The zero-order valence-corrected chi connectivity index (χ0v) is 15.0. The third kappa shape index (κ3) is 4.26. The fraction of sp³-hybridized carbons (Fsp3) is 0.444. The summed E-state index contributed by atoms with van der Waals surface area (Å²) in [6, 6.07) is 5.24. The first-order valence-corrected chi connectivity index (χ1v) is 8.60. The third-order valence-electron chi connectivity index (χ3n) is 4.40. The van der Waals surface area contributed by atoms with E-state index >= 15 is 0 Å². The van der Waals surface area contributed by atoms with Crippen molar-refractivity contribution in [3.05, 3.63) is 41.5 Å². The van der Waals surface area contributed by atoms with Crippen LogP contribution in [0.15, 0.2) is 24.5 Å². The number of aromatic nitrogens is 3. The molecule has 1 aliphatic heterocycles. The van der Waals surface area contributed by atoms with Gasteiger partial charge in [-0.25, -0.2) is 19.7 Å². The van der Waals surface area contributed by atoms with E-state index in [1.807, 2.05) is 24.9 Å². The highest BCUT2D eigenvalue weighted by Gasteiger charge is 2.19. The number of likely N-dealkylation sites (N-methyl/N-ethyl adjacent to an activating group) is 1. The van der Waals surface area contributed by atoms with Crippen LogP contribution in [0.2, 0.25) is 0 Å².